The fourth-order valence-corrected chi connectivity index (χ4v) is 4.46. The number of likely N-dealkylation sites (N-methyl/N-ethyl adjacent to an activating group) is 1. The molecule has 0 aromatic heterocycles. The van der Waals surface area contributed by atoms with Crippen LogP contribution in [0.5, 0.6) is 0 Å². The van der Waals surface area contributed by atoms with Crippen LogP contribution < -0.4 is 25.9 Å². The summed E-state index contributed by atoms with van der Waals surface area (Å²) < 4.78 is 17.8. The number of hydrogen-bond donors (Lipinski definition) is 2. The zero-order chi connectivity index (χ0) is 24.1. The van der Waals surface area contributed by atoms with Gasteiger partial charge in [-0.15, -0.1) is 0 Å². The quantitative estimate of drug-likeness (QED) is 0.674. The van der Waals surface area contributed by atoms with Crippen LogP contribution in [-0.2, 0) is 18.8 Å². The average molecular weight is 464 g/mol. The predicted molar refractivity (Wildman–Crippen MR) is 136 cm³/mol. The Labute approximate surface area is 201 Å². The van der Waals surface area contributed by atoms with Gasteiger partial charge in [0.2, 0.25) is 0 Å². The minimum atomic E-state index is -0.561. The summed E-state index contributed by atoms with van der Waals surface area (Å²) in [6.45, 7) is 11.4. The van der Waals surface area contributed by atoms with E-state index >= 15 is 0 Å². The molecule has 3 heterocycles. The van der Waals surface area contributed by atoms with E-state index in [2.05, 4.69) is 27.7 Å². The highest BCUT2D eigenvalue weighted by Gasteiger charge is 2.52. The number of nitrogens with one attached hydrogen (secondary N) is 2. The summed E-state index contributed by atoms with van der Waals surface area (Å²) in [6.07, 6.45) is -0.561. The van der Waals surface area contributed by atoms with Gasteiger partial charge in [-0.3, -0.25) is 4.79 Å². The summed E-state index contributed by atoms with van der Waals surface area (Å²) in [5.74, 6) is -0.0594. The van der Waals surface area contributed by atoms with Crippen molar-refractivity contribution in [1.29, 1.82) is 0 Å². The maximum absolute atomic E-state index is 13.2. The monoisotopic (exact) mass is 464 g/mol. The number of carbonyl (C=O) groups is 1. The Bertz CT molecular complexity index is 1050. The lowest BCUT2D eigenvalue weighted by molar-refractivity contribution is -0.118. The number of morpholine rings is 1. The van der Waals surface area contributed by atoms with Gasteiger partial charge in [0.15, 0.2) is 6.17 Å². The van der Waals surface area contributed by atoms with E-state index in [0.717, 1.165) is 54.5 Å². The fourth-order valence-electron chi connectivity index (χ4n) is 4.46. The Morgan fingerprint density at radius 2 is 1.65 bits per heavy atom. The molecule has 2 saturated heterocycles. The van der Waals surface area contributed by atoms with Gasteiger partial charge in [-0.05, 0) is 69.6 Å². The molecule has 1 atom stereocenters. The standard InChI is InChI=1S/C25H33BN4O4/c1-24(2)25(3,4)34-26(33-24)17-6-11-20-21(16-17)29(5)23(31)22(28-20)27-18-7-9-19(10-8-18)30-12-14-32-15-13-30/h6-11,16,22,27-28H,12-15H2,1-5H3. The molecular formula is C25H33BN4O4. The van der Waals surface area contributed by atoms with E-state index in [1.165, 1.54) is 0 Å². The number of nitrogens with zero attached hydrogens (tertiary/aromatic N) is 2. The first-order chi connectivity index (χ1) is 16.1. The highest BCUT2D eigenvalue weighted by atomic mass is 16.7. The topological polar surface area (TPSA) is 75.3 Å². The van der Waals surface area contributed by atoms with Gasteiger partial charge in [-0.1, -0.05) is 6.07 Å². The van der Waals surface area contributed by atoms with E-state index < -0.39 is 24.5 Å². The number of anilines is 4. The molecule has 0 bridgehead atoms. The maximum Gasteiger partial charge on any atom is 0.494 e. The van der Waals surface area contributed by atoms with E-state index in [9.17, 15) is 4.79 Å². The SMILES string of the molecule is CN1C(=O)C(Nc2ccc(N3CCOCC3)cc2)Nc2ccc(B3OC(C)(C)C(C)(C)O3)cc21. The minimum absolute atomic E-state index is 0.0594. The third kappa shape index (κ3) is 4.12. The molecule has 5 rings (SSSR count). The van der Waals surface area contributed by atoms with Gasteiger partial charge in [0, 0.05) is 31.5 Å². The molecule has 3 aliphatic rings. The van der Waals surface area contributed by atoms with E-state index in [4.69, 9.17) is 14.0 Å². The first-order valence-electron chi connectivity index (χ1n) is 11.9. The van der Waals surface area contributed by atoms with Crippen LogP contribution in [-0.4, -0.2) is 63.7 Å². The molecule has 2 fully saturated rings. The van der Waals surface area contributed by atoms with Crippen LogP contribution in [0.2, 0.25) is 0 Å². The molecule has 2 aromatic carbocycles. The van der Waals surface area contributed by atoms with Crippen LogP contribution in [0.3, 0.4) is 0 Å². The summed E-state index contributed by atoms with van der Waals surface area (Å²) in [5, 5.41) is 6.67. The molecule has 8 nitrogen and oxygen atoms in total. The van der Waals surface area contributed by atoms with Crippen molar-refractivity contribution in [3.05, 3.63) is 42.5 Å². The molecule has 3 aliphatic heterocycles. The van der Waals surface area contributed by atoms with Crippen molar-refractivity contribution in [3.8, 4) is 0 Å². The van der Waals surface area contributed by atoms with Gasteiger partial charge in [0.1, 0.15) is 0 Å². The molecule has 34 heavy (non-hydrogen) atoms. The van der Waals surface area contributed by atoms with E-state index in [1.807, 2.05) is 58.0 Å². The molecule has 0 radical (unpaired) electrons. The second kappa shape index (κ2) is 8.48. The molecule has 180 valence electrons. The lowest BCUT2D eigenvalue weighted by atomic mass is 9.78. The van der Waals surface area contributed by atoms with Gasteiger partial charge in [0.05, 0.1) is 35.8 Å². The lowest BCUT2D eigenvalue weighted by Gasteiger charge is -2.34. The average Bonchev–Trinajstić information content (AvgIpc) is 3.05. The number of fused-ring (bicyclic) bond motifs is 1. The molecule has 9 heteroatoms. The number of rotatable bonds is 4. The molecular weight excluding hydrogens is 431 g/mol. The Morgan fingerprint density at radius 3 is 2.29 bits per heavy atom. The Kier molecular flexibility index (Phi) is 5.74. The van der Waals surface area contributed by atoms with Gasteiger partial charge in [0.25, 0.3) is 5.91 Å². The lowest BCUT2D eigenvalue weighted by Crippen LogP contribution is -2.50. The zero-order valence-electron chi connectivity index (χ0n) is 20.6. The second-order valence-corrected chi connectivity index (χ2v) is 10.1. The van der Waals surface area contributed by atoms with E-state index in [0.29, 0.717) is 0 Å². The number of amides is 1. The third-order valence-corrected chi connectivity index (χ3v) is 7.34. The van der Waals surface area contributed by atoms with Crippen molar-refractivity contribution < 1.29 is 18.8 Å². The molecule has 2 N–H and O–H groups in total. The summed E-state index contributed by atoms with van der Waals surface area (Å²) in [4.78, 5) is 17.1. The first kappa shape index (κ1) is 23.0. The molecule has 0 aliphatic carbocycles. The van der Waals surface area contributed by atoms with Crippen LogP contribution in [0.25, 0.3) is 0 Å². The number of carbonyl (C=O) groups excluding carboxylic acids is 1. The normalized spacial score (nSPS) is 23.5. The second-order valence-electron chi connectivity index (χ2n) is 10.1. The van der Waals surface area contributed by atoms with Crippen LogP contribution in [0, 0.1) is 0 Å². The number of benzene rings is 2. The smallest absolute Gasteiger partial charge is 0.399 e. The van der Waals surface area contributed by atoms with Crippen LogP contribution in [0.4, 0.5) is 22.7 Å². The zero-order valence-corrected chi connectivity index (χ0v) is 20.6. The van der Waals surface area contributed by atoms with Crippen LogP contribution >= 0.6 is 0 Å². The van der Waals surface area contributed by atoms with Crippen molar-refractivity contribution >= 4 is 41.2 Å². The first-order valence-corrected chi connectivity index (χ1v) is 11.9. The highest BCUT2D eigenvalue weighted by Crippen LogP contribution is 2.37. The molecule has 2 aromatic rings. The summed E-state index contributed by atoms with van der Waals surface area (Å²) >= 11 is 0. The number of ether oxygens (including phenoxy) is 1. The van der Waals surface area contributed by atoms with E-state index in [-0.39, 0.29) is 5.91 Å². The van der Waals surface area contributed by atoms with Crippen molar-refractivity contribution in [2.75, 3.05) is 53.8 Å². The number of hydrogen-bond acceptors (Lipinski definition) is 7. The van der Waals surface area contributed by atoms with Gasteiger partial charge >= 0.3 is 7.12 Å². The summed E-state index contributed by atoms with van der Waals surface area (Å²) in [7, 11) is 1.33. The predicted octanol–water partition coefficient (Wildman–Crippen LogP) is 2.65. The van der Waals surface area contributed by atoms with Crippen molar-refractivity contribution in [3.63, 3.8) is 0 Å². The summed E-state index contributed by atoms with van der Waals surface area (Å²) in [5.41, 5.74) is 3.79. The Hall–Kier alpha value is -2.75. The fraction of sp³-hybridized carbons (Fsp3) is 0.480. The highest BCUT2D eigenvalue weighted by molar-refractivity contribution is 6.62. The molecule has 0 spiro atoms. The molecule has 0 saturated carbocycles. The van der Waals surface area contributed by atoms with Gasteiger partial charge < -0.3 is 34.5 Å². The van der Waals surface area contributed by atoms with Gasteiger partial charge in [-0.25, -0.2) is 0 Å². The third-order valence-electron chi connectivity index (χ3n) is 7.34. The Balaban J connectivity index is 1.30. The van der Waals surface area contributed by atoms with Gasteiger partial charge in [-0.2, -0.15) is 0 Å². The van der Waals surface area contributed by atoms with Crippen LogP contribution in [0.1, 0.15) is 27.7 Å². The Morgan fingerprint density at radius 1 is 1.00 bits per heavy atom. The molecule has 1 amide bonds. The van der Waals surface area contributed by atoms with E-state index in [1.54, 1.807) is 11.9 Å². The van der Waals surface area contributed by atoms with Crippen molar-refractivity contribution in [2.45, 2.75) is 45.1 Å². The van der Waals surface area contributed by atoms with Crippen molar-refractivity contribution in [1.82, 2.24) is 0 Å². The minimum Gasteiger partial charge on any atom is -0.399 e. The largest absolute Gasteiger partial charge is 0.494 e. The van der Waals surface area contributed by atoms with Crippen molar-refractivity contribution in [2.24, 2.45) is 0 Å². The molecule has 1 unspecified atom stereocenters. The van der Waals surface area contributed by atoms with Crippen LogP contribution in [0.15, 0.2) is 42.5 Å². The summed E-state index contributed by atoms with van der Waals surface area (Å²) in [6, 6.07) is 14.1. The maximum atomic E-state index is 13.2.